The Hall–Kier alpha value is -3.35. The summed E-state index contributed by atoms with van der Waals surface area (Å²) in [6.07, 6.45) is -0.245. The maximum Gasteiger partial charge on any atom is 0.343 e. The van der Waals surface area contributed by atoms with E-state index in [4.69, 9.17) is 9.26 Å². The number of aromatic nitrogens is 1. The van der Waals surface area contributed by atoms with Crippen LogP contribution in [0.5, 0.6) is 5.75 Å². The van der Waals surface area contributed by atoms with E-state index in [0.717, 1.165) is 0 Å². The molecular weight excluding hydrogens is 339 g/mol. The fourth-order valence-corrected chi connectivity index (χ4v) is 2.88. The van der Waals surface area contributed by atoms with Gasteiger partial charge in [0, 0.05) is 5.56 Å². The van der Waals surface area contributed by atoms with E-state index in [9.17, 15) is 14.3 Å². The lowest BCUT2D eigenvalue weighted by Crippen LogP contribution is -2.54. The van der Waals surface area contributed by atoms with Crippen LogP contribution in [0, 0.1) is 5.82 Å². The third kappa shape index (κ3) is 2.88. The Kier molecular flexibility index (Phi) is 4.04. The lowest BCUT2D eigenvalue weighted by Gasteiger charge is -2.39. The highest BCUT2D eigenvalue weighted by molar-refractivity contribution is 5.99. The molecule has 1 fully saturated rings. The van der Waals surface area contributed by atoms with Gasteiger partial charge < -0.3 is 19.3 Å². The van der Waals surface area contributed by atoms with Crippen molar-refractivity contribution < 1.29 is 23.6 Å². The highest BCUT2D eigenvalue weighted by Gasteiger charge is 2.36. The number of carboxylic acids is 1. The van der Waals surface area contributed by atoms with Crippen molar-refractivity contribution in [2.75, 3.05) is 18.0 Å². The Labute approximate surface area is 148 Å². The zero-order chi connectivity index (χ0) is 18.1. The van der Waals surface area contributed by atoms with Crippen molar-refractivity contribution in [1.82, 2.24) is 5.16 Å². The summed E-state index contributed by atoms with van der Waals surface area (Å²) in [6.45, 7) is 0.796. The van der Waals surface area contributed by atoms with E-state index in [2.05, 4.69) is 5.16 Å². The fourth-order valence-electron chi connectivity index (χ4n) is 2.88. The van der Waals surface area contributed by atoms with Gasteiger partial charge in [0.05, 0.1) is 13.1 Å². The van der Waals surface area contributed by atoms with E-state index >= 15 is 0 Å². The molecule has 1 aliphatic heterocycles. The first-order valence-electron chi connectivity index (χ1n) is 8.08. The number of aromatic carboxylic acids is 1. The Morgan fingerprint density at radius 1 is 1.15 bits per heavy atom. The molecule has 0 aliphatic carbocycles. The second-order valence-electron chi connectivity index (χ2n) is 5.96. The summed E-state index contributed by atoms with van der Waals surface area (Å²) >= 11 is 0. The van der Waals surface area contributed by atoms with Gasteiger partial charge in [-0.05, 0) is 12.1 Å². The molecule has 0 atom stereocenters. The molecule has 132 valence electrons. The smallest absolute Gasteiger partial charge is 0.343 e. The molecule has 0 bridgehead atoms. The van der Waals surface area contributed by atoms with Crippen LogP contribution in [0.15, 0.2) is 59.1 Å². The number of halogens is 1. The van der Waals surface area contributed by atoms with Crippen molar-refractivity contribution in [2.24, 2.45) is 0 Å². The monoisotopic (exact) mass is 354 g/mol. The average Bonchev–Trinajstić information content (AvgIpc) is 3.04. The predicted octanol–water partition coefficient (Wildman–Crippen LogP) is 3.45. The third-order valence-corrected chi connectivity index (χ3v) is 4.20. The third-order valence-electron chi connectivity index (χ3n) is 4.20. The van der Waals surface area contributed by atoms with Gasteiger partial charge in [-0.2, -0.15) is 0 Å². The van der Waals surface area contributed by atoms with Crippen molar-refractivity contribution in [3.05, 3.63) is 66.0 Å². The zero-order valence-electron chi connectivity index (χ0n) is 13.6. The van der Waals surface area contributed by atoms with Crippen molar-refractivity contribution in [2.45, 2.75) is 6.10 Å². The number of hydrogen-bond donors (Lipinski definition) is 1. The van der Waals surface area contributed by atoms with E-state index in [1.54, 1.807) is 47.4 Å². The van der Waals surface area contributed by atoms with Gasteiger partial charge in [0.15, 0.2) is 28.7 Å². The fraction of sp³-hybridized carbons (Fsp3) is 0.158. The van der Waals surface area contributed by atoms with Crippen LogP contribution in [0.3, 0.4) is 0 Å². The number of ether oxygens (including phenoxy) is 1. The van der Waals surface area contributed by atoms with E-state index in [0.29, 0.717) is 18.7 Å². The summed E-state index contributed by atoms with van der Waals surface area (Å²) < 4.78 is 24.5. The molecule has 6 nitrogen and oxygen atoms in total. The van der Waals surface area contributed by atoms with Gasteiger partial charge in [0.1, 0.15) is 6.10 Å². The minimum Gasteiger partial charge on any atom is -0.484 e. The first kappa shape index (κ1) is 16.1. The van der Waals surface area contributed by atoms with Crippen molar-refractivity contribution in [3.63, 3.8) is 0 Å². The highest BCUT2D eigenvalue weighted by atomic mass is 19.1. The topological polar surface area (TPSA) is 75.8 Å². The van der Waals surface area contributed by atoms with Crippen molar-refractivity contribution in [3.8, 4) is 17.1 Å². The van der Waals surface area contributed by atoms with Crippen LogP contribution in [0.25, 0.3) is 11.3 Å². The minimum atomic E-state index is -1.11. The Morgan fingerprint density at radius 3 is 2.54 bits per heavy atom. The summed E-state index contributed by atoms with van der Waals surface area (Å²) in [5.41, 5.74) is 0.656. The first-order chi connectivity index (χ1) is 12.6. The molecule has 0 saturated carbocycles. The number of rotatable bonds is 5. The molecule has 0 unspecified atom stereocenters. The lowest BCUT2D eigenvalue weighted by atomic mass is 10.1. The summed E-state index contributed by atoms with van der Waals surface area (Å²) in [5.74, 6) is -0.888. The Balaban J connectivity index is 1.52. The van der Waals surface area contributed by atoms with Gasteiger partial charge in [-0.3, -0.25) is 0 Å². The summed E-state index contributed by atoms with van der Waals surface area (Å²) in [7, 11) is 0. The second-order valence-corrected chi connectivity index (χ2v) is 5.96. The van der Waals surface area contributed by atoms with E-state index in [1.807, 2.05) is 6.07 Å². The first-order valence-corrected chi connectivity index (χ1v) is 8.08. The summed E-state index contributed by atoms with van der Waals surface area (Å²) in [4.78, 5) is 13.5. The number of carbonyl (C=O) groups is 1. The molecule has 4 rings (SSSR count). The lowest BCUT2D eigenvalue weighted by molar-refractivity contribution is 0.0696. The maximum atomic E-state index is 13.6. The van der Waals surface area contributed by atoms with Crippen LogP contribution < -0.4 is 9.64 Å². The van der Waals surface area contributed by atoms with Crippen LogP contribution >= 0.6 is 0 Å². The van der Waals surface area contributed by atoms with Crippen LogP contribution in [0.2, 0.25) is 0 Å². The number of hydrogen-bond acceptors (Lipinski definition) is 5. The number of benzene rings is 2. The Bertz CT molecular complexity index is 936. The minimum absolute atomic E-state index is 0.0144. The molecule has 2 heterocycles. The number of anilines is 1. The standard InChI is InChI=1S/C19H15FN2O4/c20-14-8-4-5-9-15(14)25-13-10-22(11-13)18-16(19(23)24)17(26-21-18)12-6-2-1-3-7-12/h1-9,13H,10-11H2,(H,23,24). The van der Waals surface area contributed by atoms with Gasteiger partial charge in [0.25, 0.3) is 0 Å². The maximum absolute atomic E-state index is 13.6. The van der Waals surface area contributed by atoms with Gasteiger partial charge in [-0.25, -0.2) is 9.18 Å². The van der Waals surface area contributed by atoms with Crippen LogP contribution in [-0.2, 0) is 0 Å². The van der Waals surface area contributed by atoms with Gasteiger partial charge in [-0.1, -0.05) is 47.6 Å². The zero-order valence-corrected chi connectivity index (χ0v) is 13.6. The molecule has 7 heteroatoms. The average molecular weight is 354 g/mol. The predicted molar refractivity (Wildman–Crippen MR) is 91.9 cm³/mol. The SMILES string of the molecule is O=C(O)c1c(N2CC(Oc3ccccc3F)C2)noc1-c1ccccc1. The van der Waals surface area contributed by atoms with Crippen LogP contribution in [0.4, 0.5) is 10.2 Å². The normalized spacial score (nSPS) is 14.1. The molecule has 1 saturated heterocycles. The molecule has 0 radical (unpaired) electrons. The van der Waals surface area contributed by atoms with Crippen molar-refractivity contribution >= 4 is 11.8 Å². The molecule has 0 amide bonds. The molecule has 1 aromatic heterocycles. The van der Waals surface area contributed by atoms with Crippen LogP contribution in [0.1, 0.15) is 10.4 Å². The number of nitrogens with zero attached hydrogens (tertiary/aromatic N) is 2. The molecular formula is C19H15FN2O4. The van der Waals surface area contributed by atoms with Crippen LogP contribution in [-0.4, -0.2) is 35.4 Å². The quantitative estimate of drug-likeness (QED) is 0.756. The molecule has 1 aliphatic rings. The summed E-state index contributed by atoms with van der Waals surface area (Å²) in [6, 6.07) is 15.1. The number of para-hydroxylation sites is 1. The van der Waals surface area contributed by atoms with Gasteiger partial charge in [-0.15, -0.1) is 0 Å². The number of carboxylic acid groups (broad SMARTS) is 1. The molecule has 26 heavy (non-hydrogen) atoms. The van der Waals surface area contributed by atoms with Gasteiger partial charge >= 0.3 is 5.97 Å². The van der Waals surface area contributed by atoms with E-state index < -0.39 is 11.8 Å². The molecule has 1 N–H and O–H groups in total. The van der Waals surface area contributed by atoms with E-state index in [1.165, 1.54) is 6.07 Å². The van der Waals surface area contributed by atoms with E-state index in [-0.39, 0.29) is 29.0 Å². The molecule has 3 aromatic rings. The molecule has 0 spiro atoms. The highest BCUT2D eigenvalue weighted by Crippen LogP contribution is 2.34. The Morgan fingerprint density at radius 2 is 1.85 bits per heavy atom. The largest absolute Gasteiger partial charge is 0.484 e. The second kappa shape index (κ2) is 6.51. The summed E-state index contributed by atoms with van der Waals surface area (Å²) in [5, 5.41) is 13.5. The van der Waals surface area contributed by atoms with Gasteiger partial charge in [0.2, 0.25) is 0 Å². The molecule has 2 aromatic carbocycles. The van der Waals surface area contributed by atoms with Crippen molar-refractivity contribution in [1.29, 1.82) is 0 Å².